The monoisotopic (exact) mass is 562 g/mol. The minimum Gasteiger partial charge on any atom is -0.228 e. The molecule has 0 aliphatic heterocycles. The van der Waals surface area contributed by atoms with Crippen LogP contribution in [0.2, 0.25) is 0 Å². The molecule has 0 fully saturated rings. The first-order chi connectivity index (χ1) is 21.8. The third-order valence-electron chi connectivity index (χ3n) is 7.89. The summed E-state index contributed by atoms with van der Waals surface area (Å²) in [5, 5.41) is 3.43. The lowest BCUT2D eigenvalue weighted by Gasteiger charge is -2.11. The summed E-state index contributed by atoms with van der Waals surface area (Å²) in [7, 11) is 0. The number of aromatic nitrogens is 4. The third-order valence-corrected chi connectivity index (χ3v) is 7.89. The van der Waals surface area contributed by atoms with Gasteiger partial charge in [0.2, 0.25) is 0 Å². The summed E-state index contributed by atoms with van der Waals surface area (Å²) >= 11 is 0. The Morgan fingerprint density at radius 2 is 0.841 bits per heavy atom. The van der Waals surface area contributed by atoms with Crippen molar-refractivity contribution in [2.75, 3.05) is 0 Å². The largest absolute Gasteiger partial charge is 0.228 e. The average Bonchev–Trinajstić information content (AvgIpc) is 3.11. The quantitative estimate of drug-likeness (QED) is 0.209. The van der Waals surface area contributed by atoms with E-state index in [2.05, 4.69) is 97.1 Å². The SMILES string of the molecule is c1ccc(-c2cc(-c3ccc(-c4nc(-c5ccc6ccccc6c5)c5ccccc5n4)cc3)nc(-c3ccccc3)n2)cc1. The van der Waals surface area contributed by atoms with Crippen LogP contribution in [0.4, 0.5) is 0 Å². The molecule has 0 N–H and O–H groups in total. The lowest BCUT2D eigenvalue weighted by molar-refractivity contribution is 1.18. The zero-order valence-electron chi connectivity index (χ0n) is 23.8. The number of hydrogen-bond acceptors (Lipinski definition) is 4. The molecule has 0 radical (unpaired) electrons. The molecule has 2 aromatic heterocycles. The van der Waals surface area contributed by atoms with Crippen LogP contribution in [-0.2, 0) is 0 Å². The molecule has 0 spiro atoms. The van der Waals surface area contributed by atoms with Crippen LogP contribution in [0, 0.1) is 0 Å². The fraction of sp³-hybridized carbons (Fsp3) is 0. The van der Waals surface area contributed by atoms with Crippen LogP contribution in [-0.4, -0.2) is 19.9 Å². The summed E-state index contributed by atoms with van der Waals surface area (Å²) in [6.07, 6.45) is 0. The molecule has 0 unspecified atom stereocenters. The zero-order chi connectivity index (χ0) is 29.3. The molecule has 0 aliphatic rings. The molecule has 0 saturated heterocycles. The highest BCUT2D eigenvalue weighted by molar-refractivity contribution is 5.96. The van der Waals surface area contributed by atoms with Crippen molar-refractivity contribution in [3.63, 3.8) is 0 Å². The van der Waals surface area contributed by atoms with Crippen molar-refractivity contribution >= 4 is 21.7 Å². The second-order valence-electron chi connectivity index (χ2n) is 10.7. The Hall–Kier alpha value is -6.00. The van der Waals surface area contributed by atoms with Gasteiger partial charge >= 0.3 is 0 Å². The maximum absolute atomic E-state index is 5.12. The van der Waals surface area contributed by atoms with E-state index in [0.717, 1.165) is 55.8 Å². The van der Waals surface area contributed by atoms with E-state index in [1.807, 2.05) is 60.7 Å². The Morgan fingerprint density at radius 3 is 1.59 bits per heavy atom. The van der Waals surface area contributed by atoms with Gasteiger partial charge in [-0.3, -0.25) is 0 Å². The first kappa shape index (κ1) is 25.7. The van der Waals surface area contributed by atoms with Gasteiger partial charge in [0.25, 0.3) is 0 Å². The van der Waals surface area contributed by atoms with Gasteiger partial charge in [0, 0.05) is 33.2 Å². The van der Waals surface area contributed by atoms with E-state index in [1.54, 1.807) is 0 Å². The van der Waals surface area contributed by atoms with Gasteiger partial charge in [0.1, 0.15) is 0 Å². The minimum absolute atomic E-state index is 0.691. The summed E-state index contributed by atoms with van der Waals surface area (Å²) < 4.78 is 0. The van der Waals surface area contributed by atoms with Gasteiger partial charge in [0.15, 0.2) is 11.6 Å². The van der Waals surface area contributed by atoms with Crippen molar-refractivity contribution in [1.29, 1.82) is 0 Å². The molecule has 4 nitrogen and oxygen atoms in total. The van der Waals surface area contributed by atoms with Crippen molar-refractivity contribution < 1.29 is 0 Å². The van der Waals surface area contributed by atoms with E-state index >= 15 is 0 Å². The van der Waals surface area contributed by atoms with E-state index in [4.69, 9.17) is 19.9 Å². The molecule has 206 valence electrons. The highest BCUT2D eigenvalue weighted by Gasteiger charge is 2.14. The maximum Gasteiger partial charge on any atom is 0.160 e. The Labute approximate surface area is 255 Å². The molecule has 6 aromatic carbocycles. The van der Waals surface area contributed by atoms with Crippen LogP contribution in [0.15, 0.2) is 158 Å². The Kier molecular flexibility index (Phi) is 6.43. The van der Waals surface area contributed by atoms with Crippen molar-refractivity contribution in [3.05, 3.63) is 158 Å². The summed E-state index contributed by atoms with van der Waals surface area (Å²) in [5.41, 5.74) is 8.64. The molecule has 0 bridgehead atoms. The minimum atomic E-state index is 0.691. The normalized spacial score (nSPS) is 11.2. The number of fused-ring (bicyclic) bond motifs is 2. The molecule has 2 heterocycles. The van der Waals surface area contributed by atoms with Gasteiger partial charge in [-0.15, -0.1) is 0 Å². The molecule has 0 atom stereocenters. The molecule has 0 aliphatic carbocycles. The Morgan fingerprint density at radius 1 is 0.318 bits per heavy atom. The third kappa shape index (κ3) is 4.89. The summed E-state index contributed by atoms with van der Waals surface area (Å²) in [6, 6.07) is 53.9. The van der Waals surface area contributed by atoms with E-state index in [9.17, 15) is 0 Å². The van der Waals surface area contributed by atoms with Crippen LogP contribution >= 0.6 is 0 Å². The van der Waals surface area contributed by atoms with Gasteiger partial charge in [-0.05, 0) is 29.0 Å². The van der Waals surface area contributed by atoms with Gasteiger partial charge in [-0.2, -0.15) is 0 Å². The van der Waals surface area contributed by atoms with Crippen LogP contribution < -0.4 is 0 Å². The summed E-state index contributed by atoms with van der Waals surface area (Å²) in [5.74, 6) is 1.39. The zero-order valence-corrected chi connectivity index (χ0v) is 23.8. The van der Waals surface area contributed by atoms with E-state index in [0.29, 0.717) is 11.6 Å². The Balaban J connectivity index is 1.22. The molecule has 0 amide bonds. The highest BCUT2D eigenvalue weighted by atomic mass is 14.9. The number of benzene rings is 6. The average molecular weight is 563 g/mol. The van der Waals surface area contributed by atoms with Gasteiger partial charge in [-0.1, -0.05) is 140 Å². The lowest BCUT2D eigenvalue weighted by Crippen LogP contribution is -1.97. The van der Waals surface area contributed by atoms with E-state index in [-0.39, 0.29) is 0 Å². The van der Waals surface area contributed by atoms with Crippen LogP contribution in [0.5, 0.6) is 0 Å². The molecular weight excluding hydrogens is 536 g/mol. The van der Waals surface area contributed by atoms with E-state index < -0.39 is 0 Å². The van der Waals surface area contributed by atoms with Crippen molar-refractivity contribution in [2.45, 2.75) is 0 Å². The number of nitrogens with zero attached hydrogens (tertiary/aromatic N) is 4. The van der Waals surface area contributed by atoms with Crippen molar-refractivity contribution in [3.8, 4) is 56.5 Å². The first-order valence-electron chi connectivity index (χ1n) is 14.7. The predicted molar refractivity (Wildman–Crippen MR) is 180 cm³/mol. The molecule has 8 rings (SSSR count). The fourth-order valence-electron chi connectivity index (χ4n) is 5.62. The molecule has 0 saturated carbocycles. The predicted octanol–water partition coefficient (Wildman–Crippen LogP) is 9.91. The second-order valence-corrected chi connectivity index (χ2v) is 10.7. The maximum atomic E-state index is 5.12. The van der Waals surface area contributed by atoms with Gasteiger partial charge in [0.05, 0.1) is 22.6 Å². The highest BCUT2D eigenvalue weighted by Crippen LogP contribution is 2.33. The lowest BCUT2D eigenvalue weighted by atomic mass is 10.0. The smallest absolute Gasteiger partial charge is 0.160 e. The van der Waals surface area contributed by atoms with Gasteiger partial charge < -0.3 is 0 Å². The first-order valence-corrected chi connectivity index (χ1v) is 14.7. The van der Waals surface area contributed by atoms with Crippen molar-refractivity contribution in [2.24, 2.45) is 0 Å². The van der Waals surface area contributed by atoms with E-state index in [1.165, 1.54) is 10.8 Å². The molecule has 4 heteroatoms. The fourth-order valence-corrected chi connectivity index (χ4v) is 5.62. The topological polar surface area (TPSA) is 51.6 Å². The second kappa shape index (κ2) is 11.0. The molecule has 8 aromatic rings. The van der Waals surface area contributed by atoms with Gasteiger partial charge in [-0.25, -0.2) is 19.9 Å². The molecular formula is C40H26N4. The van der Waals surface area contributed by atoms with Crippen LogP contribution in [0.3, 0.4) is 0 Å². The van der Waals surface area contributed by atoms with Crippen molar-refractivity contribution in [1.82, 2.24) is 19.9 Å². The number of para-hydroxylation sites is 1. The number of hydrogen-bond donors (Lipinski definition) is 0. The van der Waals surface area contributed by atoms with Crippen LogP contribution in [0.1, 0.15) is 0 Å². The standard InChI is InChI=1S/C40H26N4/c1-3-12-28(13-4-1)36-26-37(43-39(42-36)30-14-5-2-6-15-30)29-20-22-31(23-21-29)40-41-35-18-10-9-17-34(35)38(44-40)33-24-19-27-11-7-8-16-32(27)25-33/h1-26H. The Bertz CT molecular complexity index is 2200. The summed E-state index contributed by atoms with van der Waals surface area (Å²) in [6.45, 7) is 0. The summed E-state index contributed by atoms with van der Waals surface area (Å²) in [4.78, 5) is 20.0. The molecule has 44 heavy (non-hydrogen) atoms. The van der Waals surface area contributed by atoms with Crippen LogP contribution in [0.25, 0.3) is 78.2 Å². The number of rotatable bonds is 5.